The van der Waals surface area contributed by atoms with Gasteiger partial charge in [-0.15, -0.1) is 0 Å². The van der Waals surface area contributed by atoms with E-state index in [1.54, 1.807) is 0 Å². The lowest BCUT2D eigenvalue weighted by Crippen LogP contribution is -2.55. The van der Waals surface area contributed by atoms with Crippen molar-refractivity contribution < 1.29 is 14.6 Å². The third-order valence-electron chi connectivity index (χ3n) is 4.29. The minimum Gasteiger partial charge on any atom is -0.493 e. The van der Waals surface area contributed by atoms with Gasteiger partial charge in [0, 0.05) is 31.6 Å². The maximum Gasteiger partial charge on any atom is 0.329 e. The van der Waals surface area contributed by atoms with Crippen LogP contribution in [0.15, 0.2) is 24.3 Å². The van der Waals surface area contributed by atoms with Crippen molar-refractivity contribution in [3.8, 4) is 5.75 Å². The van der Waals surface area contributed by atoms with Crippen LogP contribution in [0.2, 0.25) is 0 Å². The van der Waals surface area contributed by atoms with Crippen LogP contribution in [0.4, 0.5) is 0 Å². The van der Waals surface area contributed by atoms with E-state index in [0.29, 0.717) is 18.8 Å². The first-order valence-electron chi connectivity index (χ1n) is 7.16. The number of fused-ring (bicyclic) bond motifs is 1. The van der Waals surface area contributed by atoms with Crippen molar-refractivity contribution >= 4 is 5.97 Å². The molecule has 1 saturated heterocycles. The van der Waals surface area contributed by atoms with Gasteiger partial charge in [-0.1, -0.05) is 18.2 Å². The van der Waals surface area contributed by atoms with E-state index in [1.807, 2.05) is 24.3 Å². The van der Waals surface area contributed by atoms with Crippen LogP contribution in [-0.4, -0.2) is 48.8 Å². The minimum absolute atomic E-state index is 0.452. The van der Waals surface area contributed by atoms with Gasteiger partial charge in [0.1, 0.15) is 5.75 Å². The summed E-state index contributed by atoms with van der Waals surface area (Å²) < 4.78 is 5.65. The number of carboxylic acid groups (broad SMARTS) is 1. The average molecular weight is 276 g/mol. The van der Waals surface area contributed by atoms with E-state index in [1.165, 1.54) is 0 Å². The first kappa shape index (κ1) is 13.4. The third kappa shape index (κ3) is 2.07. The molecule has 0 bridgehead atoms. The predicted molar refractivity (Wildman–Crippen MR) is 74.9 cm³/mol. The Morgan fingerprint density at radius 1 is 1.30 bits per heavy atom. The molecule has 0 amide bonds. The zero-order valence-electron chi connectivity index (χ0n) is 11.5. The third-order valence-corrected chi connectivity index (χ3v) is 4.29. The summed E-state index contributed by atoms with van der Waals surface area (Å²) in [7, 11) is 0. The molecular formula is C15H20N2O3. The Hall–Kier alpha value is -1.59. The van der Waals surface area contributed by atoms with Gasteiger partial charge in [-0.25, -0.2) is 4.79 Å². The summed E-state index contributed by atoms with van der Waals surface area (Å²) >= 11 is 0. The van der Waals surface area contributed by atoms with E-state index < -0.39 is 11.5 Å². The Morgan fingerprint density at radius 3 is 3.00 bits per heavy atom. The van der Waals surface area contributed by atoms with Gasteiger partial charge in [-0.2, -0.15) is 0 Å². The molecule has 1 fully saturated rings. The van der Waals surface area contributed by atoms with Gasteiger partial charge in [-0.05, 0) is 19.0 Å². The van der Waals surface area contributed by atoms with Gasteiger partial charge in [0.25, 0.3) is 0 Å². The molecule has 0 aromatic heterocycles. The van der Waals surface area contributed by atoms with Gasteiger partial charge >= 0.3 is 5.97 Å². The smallest absolute Gasteiger partial charge is 0.329 e. The molecule has 0 radical (unpaired) electrons. The van der Waals surface area contributed by atoms with E-state index in [-0.39, 0.29) is 0 Å². The lowest BCUT2D eigenvalue weighted by Gasteiger charge is -2.43. The molecule has 0 saturated carbocycles. The predicted octanol–water partition coefficient (Wildman–Crippen LogP) is 1.04. The number of nitrogens with zero attached hydrogens (tertiary/aromatic N) is 1. The van der Waals surface area contributed by atoms with Crippen LogP contribution < -0.4 is 10.1 Å². The Kier molecular flexibility index (Phi) is 3.63. The molecule has 3 rings (SSSR count). The highest BCUT2D eigenvalue weighted by Crippen LogP contribution is 2.41. The van der Waals surface area contributed by atoms with Crippen molar-refractivity contribution in [2.24, 2.45) is 0 Å². The van der Waals surface area contributed by atoms with E-state index in [4.69, 9.17) is 4.74 Å². The molecule has 1 atom stereocenters. The van der Waals surface area contributed by atoms with E-state index >= 15 is 0 Å². The van der Waals surface area contributed by atoms with Gasteiger partial charge in [-0.3, -0.25) is 4.90 Å². The van der Waals surface area contributed by atoms with Crippen LogP contribution in [0.25, 0.3) is 0 Å². The molecule has 2 heterocycles. The number of nitrogens with one attached hydrogen (secondary N) is 1. The van der Waals surface area contributed by atoms with Crippen LogP contribution >= 0.6 is 0 Å². The SMILES string of the molecule is O=C(O)C1(N2CCCNCC2)CCOc2ccccc21. The van der Waals surface area contributed by atoms with Gasteiger partial charge in [0.2, 0.25) is 0 Å². The van der Waals surface area contributed by atoms with Crippen LogP contribution in [0, 0.1) is 0 Å². The summed E-state index contributed by atoms with van der Waals surface area (Å²) in [5.41, 5.74) is -0.151. The highest BCUT2D eigenvalue weighted by Gasteiger charge is 2.49. The molecule has 5 heteroatoms. The highest BCUT2D eigenvalue weighted by atomic mass is 16.5. The molecule has 108 valence electrons. The van der Waals surface area contributed by atoms with E-state index in [0.717, 1.165) is 38.2 Å². The zero-order chi connectivity index (χ0) is 14.0. The second-order valence-corrected chi connectivity index (χ2v) is 5.35. The maximum atomic E-state index is 12.1. The van der Waals surface area contributed by atoms with Crippen LogP contribution in [0.1, 0.15) is 18.4 Å². The molecule has 2 aliphatic rings. The molecule has 20 heavy (non-hydrogen) atoms. The Bertz CT molecular complexity index is 498. The second kappa shape index (κ2) is 5.42. The largest absolute Gasteiger partial charge is 0.493 e. The quantitative estimate of drug-likeness (QED) is 0.845. The summed E-state index contributed by atoms with van der Waals surface area (Å²) in [6.07, 6.45) is 1.47. The Balaban J connectivity index is 2.06. The fraction of sp³-hybridized carbons (Fsp3) is 0.533. The molecule has 0 spiro atoms. The first-order chi connectivity index (χ1) is 9.75. The Labute approximate surface area is 118 Å². The molecule has 5 nitrogen and oxygen atoms in total. The number of ether oxygens (including phenoxy) is 1. The number of rotatable bonds is 2. The van der Waals surface area contributed by atoms with Crippen molar-refractivity contribution in [1.29, 1.82) is 0 Å². The lowest BCUT2D eigenvalue weighted by molar-refractivity contribution is -0.155. The van der Waals surface area contributed by atoms with Crippen LogP contribution in [0.3, 0.4) is 0 Å². The molecule has 1 aromatic carbocycles. The second-order valence-electron chi connectivity index (χ2n) is 5.35. The maximum absolute atomic E-state index is 12.1. The average Bonchev–Trinajstić information content (AvgIpc) is 2.75. The van der Waals surface area contributed by atoms with Crippen LogP contribution in [-0.2, 0) is 10.3 Å². The van der Waals surface area contributed by atoms with E-state index in [2.05, 4.69) is 10.2 Å². The Morgan fingerprint density at radius 2 is 2.15 bits per heavy atom. The topological polar surface area (TPSA) is 61.8 Å². The molecule has 0 aliphatic carbocycles. The summed E-state index contributed by atoms with van der Waals surface area (Å²) in [6.45, 7) is 3.78. The minimum atomic E-state index is -0.944. The van der Waals surface area contributed by atoms with E-state index in [9.17, 15) is 9.90 Å². The molecular weight excluding hydrogens is 256 g/mol. The van der Waals surface area contributed by atoms with Crippen molar-refractivity contribution in [2.75, 3.05) is 32.8 Å². The normalized spacial score (nSPS) is 27.2. The molecule has 2 N–H and O–H groups in total. The summed E-state index contributed by atoms with van der Waals surface area (Å²) in [4.78, 5) is 14.2. The van der Waals surface area contributed by atoms with Crippen molar-refractivity contribution in [2.45, 2.75) is 18.4 Å². The van der Waals surface area contributed by atoms with Crippen molar-refractivity contribution in [1.82, 2.24) is 10.2 Å². The number of hydrogen-bond donors (Lipinski definition) is 2. The highest BCUT2D eigenvalue weighted by molar-refractivity contribution is 5.82. The van der Waals surface area contributed by atoms with Crippen molar-refractivity contribution in [3.05, 3.63) is 29.8 Å². The zero-order valence-corrected chi connectivity index (χ0v) is 11.5. The molecule has 2 aliphatic heterocycles. The van der Waals surface area contributed by atoms with Gasteiger partial charge < -0.3 is 15.2 Å². The fourth-order valence-corrected chi connectivity index (χ4v) is 3.29. The lowest BCUT2D eigenvalue weighted by atomic mass is 9.82. The number of para-hydroxylation sites is 1. The summed E-state index contributed by atoms with van der Waals surface area (Å²) in [5, 5.41) is 13.3. The molecule has 1 aromatic rings. The van der Waals surface area contributed by atoms with Gasteiger partial charge in [0.15, 0.2) is 5.54 Å². The standard InChI is InChI=1S/C15H20N2O3/c18-14(19)15(17-9-3-7-16-8-10-17)6-11-20-13-5-2-1-4-12(13)15/h1-2,4-5,16H,3,6-11H2,(H,18,19). The number of aliphatic carboxylic acids is 1. The number of carboxylic acids is 1. The number of benzene rings is 1. The fourth-order valence-electron chi connectivity index (χ4n) is 3.29. The van der Waals surface area contributed by atoms with Crippen molar-refractivity contribution in [3.63, 3.8) is 0 Å². The van der Waals surface area contributed by atoms with Gasteiger partial charge in [0.05, 0.1) is 6.61 Å². The van der Waals surface area contributed by atoms with Crippen LogP contribution in [0.5, 0.6) is 5.75 Å². The first-order valence-corrected chi connectivity index (χ1v) is 7.16. The molecule has 1 unspecified atom stereocenters. The summed E-state index contributed by atoms with van der Waals surface area (Å²) in [5.74, 6) is -0.0616. The summed E-state index contributed by atoms with van der Waals surface area (Å²) in [6, 6.07) is 7.53. The monoisotopic (exact) mass is 276 g/mol. The number of hydrogen-bond acceptors (Lipinski definition) is 4. The number of carbonyl (C=O) groups is 1.